The standard InChI is InChI=1S/C15H22N6O/c1-3-6-12-19-13(10-9-17-21(2)14(10)20-12)18-11-7-4-5-8-16-15(11)22/h9,11H,3-8H2,1-2H3,(H,16,22)(H,18,19,20)/t11-/m0/s1. The lowest BCUT2D eigenvalue weighted by atomic mass is 10.1. The lowest BCUT2D eigenvalue weighted by Gasteiger charge is -2.16. The van der Waals surface area contributed by atoms with Crippen molar-refractivity contribution in [3.63, 3.8) is 0 Å². The van der Waals surface area contributed by atoms with E-state index in [9.17, 15) is 4.79 Å². The van der Waals surface area contributed by atoms with E-state index in [2.05, 4.69) is 32.6 Å². The summed E-state index contributed by atoms with van der Waals surface area (Å²) in [4.78, 5) is 21.3. The molecule has 1 atom stereocenters. The minimum Gasteiger partial charge on any atom is -0.358 e. The summed E-state index contributed by atoms with van der Waals surface area (Å²) in [6.07, 6.45) is 6.42. The molecule has 7 nitrogen and oxygen atoms in total. The Balaban J connectivity index is 1.95. The highest BCUT2D eigenvalue weighted by Gasteiger charge is 2.22. The van der Waals surface area contributed by atoms with Crippen LogP contribution in [0.15, 0.2) is 6.20 Å². The minimum absolute atomic E-state index is 0.0465. The number of fused-ring (bicyclic) bond motifs is 1. The number of hydrogen-bond acceptors (Lipinski definition) is 5. The number of hydrogen-bond donors (Lipinski definition) is 2. The number of aryl methyl sites for hydroxylation is 2. The van der Waals surface area contributed by atoms with Crippen molar-refractivity contribution in [3.8, 4) is 0 Å². The van der Waals surface area contributed by atoms with Crippen LogP contribution >= 0.6 is 0 Å². The topological polar surface area (TPSA) is 84.7 Å². The zero-order valence-electron chi connectivity index (χ0n) is 13.1. The van der Waals surface area contributed by atoms with Crippen LogP contribution in [0.2, 0.25) is 0 Å². The number of nitrogens with zero attached hydrogens (tertiary/aromatic N) is 4. The Kier molecular flexibility index (Phi) is 4.22. The number of carbonyl (C=O) groups is 1. The summed E-state index contributed by atoms with van der Waals surface area (Å²) in [5.74, 6) is 1.55. The number of carbonyl (C=O) groups excluding carboxylic acids is 1. The molecule has 1 saturated heterocycles. The normalized spacial score (nSPS) is 19.0. The maximum Gasteiger partial charge on any atom is 0.242 e. The molecule has 0 spiro atoms. The summed E-state index contributed by atoms with van der Waals surface area (Å²) < 4.78 is 1.74. The Morgan fingerprint density at radius 2 is 2.27 bits per heavy atom. The molecule has 0 unspecified atom stereocenters. The molecule has 1 amide bonds. The van der Waals surface area contributed by atoms with Crippen LogP contribution in [-0.4, -0.2) is 38.2 Å². The van der Waals surface area contributed by atoms with E-state index in [0.29, 0.717) is 5.82 Å². The van der Waals surface area contributed by atoms with Gasteiger partial charge in [0.1, 0.15) is 17.7 Å². The van der Waals surface area contributed by atoms with Gasteiger partial charge in [-0.15, -0.1) is 0 Å². The Morgan fingerprint density at radius 3 is 3.09 bits per heavy atom. The smallest absolute Gasteiger partial charge is 0.242 e. The molecule has 2 aromatic rings. The van der Waals surface area contributed by atoms with Crippen molar-refractivity contribution < 1.29 is 4.79 Å². The summed E-state index contributed by atoms with van der Waals surface area (Å²) in [6, 6.07) is -0.240. The molecule has 7 heteroatoms. The van der Waals surface area contributed by atoms with E-state index in [1.807, 2.05) is 7.05 Å². The first-order valence-electron chi connectivity index (χ1n) is 7.92. The van der Waals surface area contributed by atoms with Gasteiger partial charge in [-0.1, -0.05) is 6.92 Å². The summed E-state index contributed by atoms with van der Waals surface area (Å²) in [7, 11) is 1.87. The molecule has 2 aromatic heterocycles. The maximum absolute atomic E-state index is 12.1. The fourth-order valence-corrected chi connectivity index (χ4v) is 2.75. The Bertz CT molecular complexity index is 680. The average Bonchev–Trinajstić information content (AvgIpc) is 2.75. The molecular weight excluding hydrogens is 280 g/mol. The van der Waals surface area contributed by atoms with E-state index in [4.69, 9.17) is 0 Å². The number of rotatable bonds is 4. The van der Waals surface area contributed by atoms with Crippen LogP contribution in [0.4, 0.5) is 5.82 Å². The van der Waals surface area contributed by atoms with Gasteiger partial charge in [-0.2, -0.15) is 5.10 Å². The quantitative estimate of drug-likeness (QED) is 0.891. The van der Waals surface area contributed by atoms with E-state index in [1.165, 1.54) is 0 Å². The van der Waals surface area contributed by atoms with Crippen molar-refractivity contribution in [2.24, 2.45) is 7.05 Å². The first-order valence-corrected chi connectivity index (χ1v) is 7.92. The van der Waals surface area contributed by atoms with E-state index >= 15 is 0 Å². The summed E-state index contributed by atoms with van der Waals surface area (Å²) in [5.41, 5.74) is 0.801. The molecule has 3 rings (SSSR count). The van der Waals surface area contributed by atoms with E-state index < -0.39 is 0 Å². The molecule has 22 heavy (non-hydrogen) atoms. The molecule has 0 bridgehead atoms. The molecule has 1 aliphatic heterocycles. The monoisotopic (exact) mass is 302 g/mol. The fraction of sp³-hybridized carbons (Fsp3) is 0.600. The second-order valence-electron chi connectivity index (χ2n) is 5.73. The Labute approximate surface area is 129 Å². The number of anilines is 1. The Hall–Kier alpha value is -2.18. The largest absolute Gasteiger partial charge is 0.358 e. The zero-order chi connectivity index (χ0) is 15.5. The second kappa shape index (κ2) is 6.29. The number of amides is 1. The highest BCUT2D eigenvalue weighted by atomic mass is 16.2. The van der Waals surface area contributed by atoms with E-state index in [0.717, 1.165) is 55.5 Å². The molecule has 0 radical (unpaired) electrons. The van der Waals surface area contributed by atoms with E-state index in [-0.39, 0.29) is 11.9 Å². The highest BCUT2D eigenvalue weighted by Crippen LogP contribution is 2.22. The van der Waals surface area contributed by atoms with Gasteiger partial charge in [0.25, 0.3) is 0 Å². The second-order valence-corrected chi connectivity index (χ2v) is 5.73. The Morgan fingerprint density at radius 1 is 1.41 bits per heavy atom. The van der Waals surface area contributed by atoms with Crippen molar-refractivity contribution >= 4 is 22.8 Å². The first-order chi connectivity index (χ1) is 10.7. The van der Waals surface area contributed by atoms with Gasteiger partial charge in [-0.3, -0.25) is 9.48 Å². The number of aromatic nitrogens is 4. The van der Waals surface area contributed by atoms with Crippen molar-refractivity contribution in [3.05, 3.63) is 12.0 Å². The fourth-order valence-electron chi connectivity index (χ4n) is 2.75. The molecular formula is C15H22N6O. The van der Waals surface area contributed by atoms with Gasteiger partial charge in [0.2, 0.25) is 5.91 Å². The van der Waals surface area contributed by atoms with Crippen LogP contribution in [0.1, 0.15) is 38.4 Å². The van der Waals surface area contributed by atoms with Gasteiger partial charge in [0.05, 0.1) is 11.6 Å². The molecule has 1 aliphatic rings. The van der Waals surface area contributed by atoms with Gasteiger partial charge < -0.3 is 10.6 Å². The van der Waals surface area contributed by atoms with E-state index in [1.54, 1.807) is 10.9 Å². The average molecular weight is 302 g/mol. The molecule has 0 aromatic carbocycles. The van der Waals surface area contributed by atoms with Gasteiger partial charge in [0.15, 0.2) is 5.65 Å². The lowest BCUT2D eigenvalue weighted by Crippen LogP contribution is -2.38. The van der Waals surface area contributed by atoms with Crippen molar-refractivity contribution in [1.29, 1.82) is 0 Å². The molecule has 0 aliphatic carbocycles. The summed E-state index contributed by atoms with van der Waals surface area (Å²) >= 11 is 0. The molecule has 1 fully saturated rings. The zero-order valence-corrected chi connectivity index (χ0v) is 13.1. The number of nitrogens with one attached hydrogen (secondary N) is 2. The van der Waals surface area contributed by atoms with Gasteiger partial charge in [-0.05, 0) is 25.7 Å². The summed E-state index contributed by atoms with van der Waals surface area (Å²) in [6.45, 7) is 2.85. The van der Waals surface area contributed by atoms with Crippen molar-refractivity contribution in [2.75, 3.05) is 11.9 Å². The van der Waals surface area contributed by atoms with Gasteiger partial charge in [0, 0.05) is 20.0 Å². The highest BCUT2D eigenvalue weighted by molar-refractivity contribution is 5.90. The summed E-state index contributed by atoms with van der Waals surface area (Å²) in [5, 5.41) is 11.4. The van der Waals surface area contributed by atoms with Gasteiger partial charge >= 0.3 is 0 Å². The maximum atomic E-state index is 12.1. The third-order valence-corrected chi connectivity index (χ3v) is 3.96. The van der Waals surface area contributed by atoms with Crippen LogP contribution in [0.3, 0.4) is 0 Å². The molecule has 2 N–H and O–H groups in total. The van der Waals surface area contributed by atoms with Crippen LogP contribution in [0.25, 0.3) is 11.0 Å². The molecule has 118 valence electrons. The SMILES string of the molecule is CCCc1nc(N[C@H]2CCCCNC2=O)c2cnn(C)c2n1. The van der Waals surface area contributed by atoms with Crippen LogP contribution < -0.4 is 10.6 Å². The third-order valence-electron chi connectivity index (χ3n) is 3.96. The van der Waals surface area contributed by atoms with Crippen LogP contribution in [0.5, 0.6) is 0 Å². The third kappa shape index (κ3) is 2.88. The lowest BCUT2D eigenvalue weighted by molar-refractivity contribution is -0.121. The molecule has 3 heterocycles. The minimum atomic E-state index is -0.240. The van der Waals surface area contributed by atoms with Crippen LogP contribution in [0, 0.1) is 0 Å². The van der Waals surface area contributed by atoms with Gasteiger partial charge in [-0.25, -0.2) is 9.97 Å². The van der Waals surface area contributed by atoms with Crippen LogP contribution in [-0.2, 0) is 18.3 Å². The van der Waals surface area contributed by atoms with Crippen molar-refractivity contribution in [2.45, 2.75) is 45.1 Å². The predicted molar refractivity (Wildman–Crippen MR) is 84.6 cm³/mol. The predicted octanol–water partition coefficient (Wildman–Crippen LogP) is 1.40. The molecule has 0 saturated carbocycles. The van der Waals surface area contributed by atoms with Crippen molar-refractivity contribution in [1.82, 2.24) is 25.1 Å². The first kappa shape index (κ1) is 14.7.